The van der Waals surface area contributed by atoms with Crippen LogP contribution in [0.1, 0.15) is 12.8 Å². The zero-order valence-electron chi connectivity index (χ0n) is 17.0. The molecule has 1 saturated carbocycles. The number of pyridine rings is 1. The summed E-state index contributed by atoms with van der Waals surface area (Å²) >= 11 is 0. The third-order valence-electron chi connectivity index (χ3n) is 5.53. The van der Waals surface area contributed by atoms with Crippen molar-refractivity contribution in [1.82, 2.24) is 19.9 Å². The Morgan fingerprint density at radius 2 is 2.23 bits per heavy atom. The van der Waals surface area contributed by atoms with E-state index in [9.17, 15) is 9.59 Å². The monoisotopic (exact) mass is 409 g/mol. The largest absolute Gasteiger partial charge is 0.360 e. The van der Waals surface area contributed by atoms with Gasteiger partial charge in [-0.25, -0.2) is 9.97 Å². The summed E-state index contributed by atoms with van der Waals surface area (Å²) in [6.45, 7) is 2.36. The first-order chi connectivity index (χ1) is 14.6. The molecule has 1 aliphatic carbocycles. The van der Waals surface area contributed by atoms with Gasteiger partial charge in [0.2, 0.25) is 11.9 Å². The van der Waals surface area contributed by atoms with Crippen LogP contribution in [0.3, 0.4) is 0 Å². The Balaban J connectivity index is 1.58. The number of rotatable bonds is 8. The van der Waals surface area contributed by atoms with Crippen LogP contribution < -0.4 is 21.5 Å². The van der Waals surface area contributed by atoms with Crippen LogP contribution in [0, 0.1) is 5.92 Å². The lowest BCUT2D eigenvalue weighted by Gasteiger charge is -2.46. The summed E-state index contributed by atoms with van der Waals surface area (Å²) in [4.78, 5) is 40.3. The smallest absolute Gasteiger partial charge is 0.271 e. The fourth-order valence-electron chi connectivity index (χ4n) is 3.60. The number of aromatic amines is 1. The van der Waals surface area contributed by atoms with E-state index in [4.69, 9.17) is 5.73 Å². The molecule has 1 saturated heterocycles. The lowest BCUT2D eigenvalue weighted by atomic mass is 10.0. The maximum atomic E-state index is 12.7. The van der Waals surface area contributed by atoms with Crippen molar-refractivity contribution in [3.8, 4) is 11.3 Å². The Labute approximate surface area is 175 Å². The topological polar surface area (TPSA) is 120 Å². The summed E-state index contributed by atoms with van der Waals surface area (Å²) in [7, 11) is 1.77. The Morgan fingerprint density at radius 1 is 1.43 bits per heavy atom. The summed E-state index contributed by atoms with van der Waals surface area (Å²) in [6.07, 6.45) is 8.90. The van der Waals surface area contributed by atoms with Crippen LogP contribution in [0.5, 0.6) is 0 Å². The van der Waals surface area contributed by atoms with Crippen LogP contribution in [-0.2, 0) is 4.79 Å². The predicted octanol–water partition coefficient (Wildman–Crippen LogP) is 0.816. The van der Waals surface area contributed by atoms with E-state index in [1.54, 1.807) is 30.4 Å². The number of H-pyrrole nitrogens is 1. The second kappa shape index (κ2) is 8.66. The highest BCUT2D eigenvalue weighted by Crippen LogP contribution is 2.33. The highest BCUT2D eigenvalue weighted by atomic mass is 16.2. The number of anilines is 2. The Morgan fingerprint density at radius 3 is 2.93 bits per heavy atom. The van der Waals surface area contributed by atoms with E-state index in [-0.39, 0.29) is 17.5 Å². The molecule has 2 aromatic heterocycles. The van der Waals surface area contributed by atoms with Gasteiger partial charge in [0.05, 0.1) is 11.7 Å². The molecule has 4 N–H and O–H groups in total. The zero-order valence-corrected chi connectivity index (χ0v) is 17.0. The average molecular weight is 409 g/mol. The van der Waals surface area contributed by atoms with Gasteiger partial charge in [-0.2, -0.15) is 0 Å². The van der Waals surface area contributed by atoms with Gasteiger partial charge in [-0.3, -0.25) is 9.59 Å². The summed E-state index contributed by atoms with van der Waals surface area (Å²) < 4.78 is 0. The van der Waals surface area contributed by atoms with Gasteiger partial charge in [0.25, 0.3) is 5.56 Å². The number of nitrogens with two attached hydrogens (primary N) is 1. The number of aromatic nitrogens is 3. The molecule has 2 aromatic rings. The lowest BCUT2D eigenvalue weighted by molar-refractivity contribution is -0.130. The molecule has 9 heteroatoms. The van der Waals surface area contributed by atoms with E-state index in [1.165, 1.54) is 18.9 Å². The molecule has 0 aromatic carbocycles. The molecule has 0 spiro atoms. The molecular weight excluding hydrogens is 382 g/mol. The summed E-state index contributed by atoms with van der Waals surface area (Å²) in [5, 5.41) is 2.93. The molecule has 2 fully saturated rings. The molecule has 3 heterocycles. The Bertz CT molecular complexity index is 993. The van der Waals surface area contributed by atoms with E-state index in [0.717, 1.165) is 17.8 Å². The number of hydrogen-bond acceptors (Lipinski definition) is 7. The number of nitrogens with zero attached hydrogens (tertiary/aromatic N) is 4. The van der Waals surface area contributed by atoms with Gasteiger partial charge in [-0.15, -0.1) is 0 Å². The quantitative estimate of drug-likeness (QED) is 0.552. The number of carbonyl (C=O) groups is 1. The SMILES string of the molecule is CNc1nccc(-c2c[nH]c(=O)c(N(CC3CC3)C3CN(C(=O)/C=C/CN)C3)c2)n1. The predicted molar refractivity (Wildman–Crippen MR) is 116 cm³/mol. The van der Waals surface area contributed by atoms with Crippen molar-refractivity contribution < 1.29 is 4.79 Å². The van der Waals surface area contributed by atoms with Crippen LogP contribution in [0.2, 0.25) is 0 Å². The van der Waals surface area contributed by atoms with E-state index in [0.29, 0.717) is 37.2 Å². The average Bonchev–Trinajstić information content (AvgIpc) is 3.55. The van der Waals surface area contributed by atoms with Crippen LogP contribution in [0.4, 0.5) is 11.6 Å². The van der Waals surface area contributed by atoms with Gasteiger partial charge in [0.15, 0.2) is 0 Å². The molecule has 0 atom stereocenters. The molecule has 0 bridgehead atoms. The lowest BCUT2D eigenvalue weighted by Crippen LogP contribution is -2.62. The second-order valence-corrected chi connectivity index (χ2v) is 7.75. The molecule has 2 aliphatic rings. The fraction of sp³-hybridized carbons (Fsp3) is 0.429. The highest BCUT2D eigenvalue weighted by molar-refractivity contribution is 5.88. The van der Waals surface area contributed by atoms with Crippen LogP contribution in [0.25, 0.3) is 11.3 Å². The molecule has 9 nitrogen and oxygen atoms in total. The number of amides is 1. The Kier molecular flexibility index (Phi) is 5.80. The van der Waals surface area contributed by atoms with Crippen LogP contribution in [-0.4, -0.2) is 65.0 Å². The number of nitrogens with one attached hydrogen (secondary N) is 2. The maximum absolute atomic E-state index is 12.7. The minimum Gasteiger partial charge on any atom is -0.360 e. The van der Waals surface area contributed by atoms with E-state index < -0.39 is 0 Å². The molecule has 0 unspecified atom stereocenters. The third-order valence-corrected chi connectivity index (χ3v) is 5.53. The van der Waals surface area contributed by atoms with Crippen LogP contribution in [0.15, 0.2) is 41.5 Å². The third kappa shape index (κ3) is 4.35. The van der Waals surface area contributed by atoms with Crippen molar-refractivity contribution in [1.29, 1.82) is 0 Å². The van der Waals surface area contributed by atoms with Crippen molar-refractivity contribution >= 4 is 17.5 Å². The van der Waals surface area contributed by atoms with Gasteiger partial charge in [-0.05, 0) is 30.9 Å². The molecule has 30 heavy (non-hydrogen) atoms. The van der Waals surface area contributed by atoms with Crippen molar-refractivity contribution in [3.05, 3.63) is 47.0 Å². The molecular formula is C21H27N7O2. The van der Waals surface area contributed by atoms with Gasteiger partial charge in [-0.1, -0.05) is 6.08 Å². The molecule has 158 valence electrons. The number of hydrogen-bond donors (Lipinski definition) is 3. The molecule has 1 amide bonds. The fourth-order valence-corrected chi connectivity index (χ4v) is 3.60. The van der Waals surface area contributed by atoms with Crippen molar-refractivity contribution in [2.45, 2.75) is 18.9 Å². The van der Waals surface area contributed by atoms with E-state index >= 15 is 0 Å². The summed E-state index contributed by atoms with van der Waals surface area (Å²) in [5.74, 6) is 1.09. The van der Waals surface area contributed by atoms with Gasteiger partial charge in [0, 0.05) is 57.3 Å². The summed E-state index contributed by atoms with van der Waals surface area (Å²) in [5.41, 5.74) is 7.48. The molecule has 4 rings (SSSR count). The normalized spacial score (nSPS) is 16.5. The van der Waals surface area contributed by atoms with Crippen LogP contribution >= 0.6 is 0 Å². The highest BCUT2D eigenvalue weighted by Gasteiger charge is 2.37. The Hall–Kier alpha value is -3.20. The second-order valence-electron chi connectivity index (χ2n) is 7.75. The number of carbonyl (C=O) groups excluding carboxylic acids is 1. The standard InChI is InChI=1S/C21H27N7O2/c1-23-21-24-8-6-17(26-21)15-9-18(20(30)25-10-15)28(11-14-4-5-14)16-12-27(13-16)19(29)3-2-7-22/h2-3,6,8-10,14,16H,4-5,7,11-13,22H2,1H3,(H,25,30)(H,23,24,26)/b3-2+. The van der Waals surface area contributed by atoms with Crippen molar-refractivity contribution in [2.24, 2.45) is 11.7 Å². The first-order valence-corrected chi connectivity index (χ1v) is 10.2. The maximum Gasteiger partial charge on any atom is 0.271 e. The van der Waals surface area contributed by atoms with Gasteiger partial charge < -0.3 is 25.8 Å². The van der Waals surface area contributed by atoms with Gasteiger partial charge >= 0.3 is 0 Å². The first kappa shape index (κ1) is 20.1. The summed E-state index contributed by atoms with van der Waals surface area (Å²) in [6, 6.07) is 3.83. The minimum absolute atomic E-state index is 0.0358. The minimum atomic E-state index is -0.130. The first-order valence-electron chi connectivity index (χ1n) is 10.2. The zero-order chi connectivity index (χ0) is 21.1. The van der Waals surface area contributed by atoms with Gasteiger partial charge in [0.1, 0.15) is 5.69 Å². The van der Waals surface area contributed by atoms with E-state index in [1.807, 2.05) is 12.1 Å². The van der Waals surface area contributed by atoms with Crippen molar-refractivity contribution in [2.75, 3.05) is 43.4 Å². The van der Waals surface area contributed by atoms with Crippen molar-refractivity contribution in [3.63, 3.8) is 0 Å². The number of likely N-dealkylation sites (tertiary alicyclic amines) is 1. The van der Waals surface area contributed by atoms with E-state index in [2.05, 4.69) is 25.2 Å². The molecule has 1 aliphatic heterocycles. The molecule has 0 radical (unpaired) electrons.